The van der Waals surface area contributed by atoms with Gasteiger partial charge in [-0.1, -0.05) is 25.5 Å². The molecular weight excluding hydrogens is 246 g/mol. The number of para-hydroxylation sites is 2. The second kappa shape index (κ2) is 6.87. The largest absolute Gasteiger partial charge is 0.490 e. The van der Waals surface area contributed by atoms with E-state index in [1.165, 1.54) is 0 Å². The number of nitrogens with one attached hydrogen (secondary N) is 1. The van der Waals surface area contributed by atoms with E-state index in [1.54, 1.807) is 0 Å². The van der Waals surface area contributed by atoms with Crippen molar-refractivity contribution in [2.24, 2.45) is 0 Å². The monoisotopic (exact) mass is 265 g/mol. The van der Waals surface area contributed by atoms with Gasteiger partial charge in [-0.25, -0.2) is 4.79 Å². The summed E-state index contributed by atoms with van der Waals surface area (Å²) in [6.07, 6.45) is 1.47. The van der Waals surface area contributed by atoms with Crippen LogP contribution in [0.4, 0.5) is 4.79 Å². The first-order valence-electron chi connectivity index (χ1n) is 6.58. The van der Waals surface area contributed by atoms with Crippen LogP contribution in [0, 0.1) is 0 Å². The minimum Gasteiger partial charge on any atom is -0.490 e. The third kappa shape index (κ3) is 4.05. The van der Waals surface area contributed by atoms with Gasteiger partial charge < -0.3 is 19.5 Å². The van der Waals surface area contributed by atoms with Gasteiger partial charge in [-0.3, -0.25) is 0 Å². The Morgan fingerprint density at radius 1 is 1.32 bits per heavy atom. The summed E-state index contributed by atoms with van der Waals surface area (Å²) in [5.74, 6) is 1.41. The molecule has 1 aliphatic rings. The Bertz CT molecular complexity index is 422. The number of ether oxygens (including phenoxy) is 3. The van der Waals surface area contributed by atoms with Crippen LogP contribution in [0.3, 0.4) is 0 Å². The molecule has 0 aromatic heterocycles. The van der Waals surface area contributed by atoms with Crippen LogP contribution in [0.15, 0.2) is 24.3 Å². The fourth-order valence-corrected chi connectivity index (χ4v) is 1.72. The number of benzene rings is 1. The molecule has 1 saturated heterocycles. The lowest BCUT2D eigenvalue weighted by molar-refractivity contribution is 0.103. The topological polar surface area (TPSA) is 56.8 Å². The predicted molar refractivity (Wildman–Crippen MR) is 70.6 cm³/mol. The van der Waals surface area contributed by atoms with E-state index in [0.717, 1.165) is 18.6 Å². The second-order valence-electron chi connectivity index (χ2n) is 4.37. The molecule has 0 bridgehead atoms. The molecule has 1 aliphatic heterocycles. The van der Waals surface area contributed by atoms with E-state index in [1.807, 2.05) is 24.3 Å². The van der Waals surface area contributed by atoms with Crippen molar-refractivity contribution >= 4 is 6.09 Å². The van der Waals surface area contributed by atoms with Gasteiger partial charge in [-0.05, 0) is 18.6 Å². The van der Waals surface area contributed by atoms with Gasteiger partial charge in [0.2, 0.25) is 0 Å². The van der Waals surface area contributed by atoms with Gasteiger partial charge in [0.05, 0.1) is 13.2 Å². The molecule has 0 spiro atoms. The van der Waals surface area contributed by atoms with E-state index < -0.39 is 0 Å². The highest BCUT2D eigenvalue weighted by Crippen LogP contribution is 2.27. The maximum atomic E-state index is 10.9. The molecule has 0 radical (unpaired) electrons. The molecule has 1 fully saturated rings. The van der Waals surface area contributed by atoms with Crippen LogP contribution in [0.5, 0.6) is 11.5 Å². The SMILES string of the molecule is CCCCOc1ccccc1OCC1CNC(=O)O1. The van der Waals surface area contributed by atoms with Crippen molar-refractivity contribution in [3.05, 3.63) is 24.3 Å². The van der Waals surface area contributed by atoms with Crippen molar-refractivity contribution < 1.29 is 19.0 Å². The predicted octanol–water partition coefficient (Wildman–Crippen LogP) is 2.35. The molecule has 19 heavy (non-hydrogen) atoms. The summed E-state index contributed by atoms with van der Waals surface area (Å²) < 4.78 is 16.3. The van der Waals surface area contributed by atoms with E-state index in [2.05, 4.69) is 12.2 Å². The summed E-state index contributed by atoms with van der Waals surface area (Å²) >= 11 is 0. The minimum atomic E-state index is -0.388. The zero-order valence-corrected chi connectivity index (χ0v) is 11.1. The molecule has 1 atom stereocenters. The number of unbranched alkanes of at least 4 members (excludes halogenated alkanes) is 1. The lowest BCUT2D eigenvalue weighted by atomic mass is 10.3. The molecular formula is C14H19NO4. The Balaban J connectivity index is 1.86. The molecule has 1 heterocycles. The van der Waals surface area contributed by atoms with E-state index in [0.29, 0.717) is 25.5 Å². The van der Waals surface area contributed by atoms with Gasteiger partial charge in [-0.2, -0.15) is 0 Å². The van der Waals surface area contributed by atoms with Crippen LogP contribution in [-0.4, -0.2) is 32.0 Å². The van der Waals surface area contributed by atoms with Gasteiger partial charge in [-0.15, -0.1) is 0 Å². The maximum Gasteiger partial charge on any atom is 0.407 e. The van der Waals surface area contributed by atoms with Gasteiger partial charge in [0, 0.05) is 0 Å². The molecule has 1 aromatic rings. The van der Waals surface area contributed by atoms with E-state index in [9.17, 15) is 4.79 Å². The fraction of sp³-hybridized carbons (Fsp3) is 0.500. The minimum absolute atomic E-state index is 0.240. The number of cyclic esters (lactones) is 1. The molecule has 5 nitrogen and oxygen atoms in total. The maximum absolute atomic E-state index is 10.9. The van der Waals surface area contributed by atoms with Crippen molar-refractivity contribution in [3.63, 3.8) is 0 Å². The number of rotatable bonds is 7. The highest BCUT2D eigenvalue weighted by Gasteiger charge is 2.23. The average Bonchev–Trinajstić information content (AvgIpc) is 2.84. The highest BCUT2D eigenvalue weighted by atomic mass is 16.6. The van der Waals surface area contributed by atoms with Crippen LogP contribution >= 0.6 is 0 Å². The lowest BCUT2D eigenvalue weighted by Gasteiger charge is -2.14. The smallest absolute Gasteiger partial charge is 0.407 e. The van der Waals surface area contributed by atoms with Crippen molar-refractivity contribution in [2.45, 2.75) is 25.9 Å². The Kier molecular flexibility index (Phi) is 4.89. The third-order valence-corrected chi connectivity index (χ3v) is 2.78. The van der Waals surface area contributed by atoms with E-state index in [-0.39, 0.29) is 12.2 Å². The van der Waals surface area contributed by atoms with Crippen LogP contribution in [0.2, 0.25) is 0 Å². The molecule has 1 aromatic carbocycles. The molecule has 104 valence electrons. The highest BCUT2D eigenvalue weighted by molar-refractivity contribution is 5.69. The number of carbonyl (C=O) groups excluding carboxylic acids is 1. The lowest BCUT2D eigenvalue weighted by Crippen LogP contribution is -2.22. The number of alkyl carbamates (subject to hydrolysis) is 1. The van der Waals surface area contributed by atoms with E-state index in [4.69, 9.17) is 14.2 Å². The summed E-state index contributed by atoms with van der Waals surface area (Å²) in [4.78, 5) is 10.9. The van der Waals surface area contributed by atoms with E-state index >= 15 is 0 Å². The first-order chi connectivity index (χ1) is 9.29. The Hall–Kier alpha value is -1.91. The molecule has 1 N–H and O–H groups in total. The average molecular weight is 265 g/mol. The summed E-state index contributed by atoms with van der Waals surface area (Å²) in [5.41, 5.74) is 0. The molecule has 1 amide bonds. The summed E-state index contributed by atoms with van der Waals surface area (Å²) in [7, 11) is 0. The second-order valence-corrected chi connectivity index (χ2v) is 4.37. The summed E-state index contributed by atoms with van der Waals surface area (Å²) in [6, 6.07) is 7.53. The standard InChI is InChI=1S/C14H19NO4/c1-2-3-8-17-12-6-4-5-7-13(12)18-10-11-9-15-14(16)19-11/h4-7,11H,2-3,8-10H2,1H3,(H,15,16). The number of hydrogen-bond acceptors (Lipinski definition) is 4. The van der Waals surface area contributed by atoms with Crippen molar-refractivity contribution in [1.29, 1.82) is 0 Å². The molecule has 0 saturated carbocycles. The van der Waals surface area contributed by atoms with Crippen LogP contribution in [0.25, 0.3) is 0 Å². The van der Waals surface area contributed by atoms with Crippen molar-refractivity contribution in [2.75, 3.05) is 19.8 Å². The molecule has 5 heteroatoms. The van der Waals surface area contributed by atoms with Gasteiger partial charge in [0.1, 0.15) is 6.61 Å². The van der Waals surface area contributed by atoms with Gasteiger partial charge in [0.25, 0.3) is 0 Å². The molecule has 1 unspecified atom stereocenters. The number of carbonyl (C=O) groups is 1. The van der Waals surface area contributed by atoms with Crippen molar-refractivity contribution in [3.8, 4) is 11.5 Å². The van der Waals surface area contributed by atoms with Crippen LogP contribution in [-0.2, 0) is 4.74 Å². The third-order valence-electron chi connectivity index (χ3n) is 2.78. The molecule has 0 aliphatic carbocycles. The number of amides is 1. The zero-order chi connectivity index (χ0) is 13.5. The first-order valence-corrected chi connectivity index (χ1v) is 6.58. The first kappa shape index (κ1) is 13.5. The summed E-state index contributed by atoms with van der Waals surface area (Å²) in [5, 5.41) is 2.59. The summed E-state index contributed by atoms with van der Waals surface area (Å²) in [6.45, 7) is 3.61. The van der Waals surface area contributed by atoms with Crippen LogP contribution < -0.4 is 14.8 Å². The molecule has 2 rings (SSSR count). The Morgan fingerprint density at radius 3 is 2.68 bits per heavy atom. The Labute approximate surface area is 112 Å². The quantitative estimate of drug-likeness (QED) is 0.769. The fourth-order valence-electron chi connectivity index (χ4n) is 1.72. The van der Waals surface area contributed by atoms with Crippen LogP contribution in [0.1, 0.15) is 19.8 Å². The zero-order valence-electron chi connectivity index (χ0n) is 11.1. The van der Waals surface area contributed by atoms with Gasteiger partial charge in [0.15, 0.2) is 17.6 Å². The van der Waals surface area contributed by atoms with Crippen molar-refractivity contribution in [1.82, 2.24) is 5.32 Å². The normalized spacial score (nSPS) is 17.7. The number of hydrogen-bond donors (Lipinski definition) is 1. The Morgan fingerprint density at radius 2 is 2.05 bits per heavy atom. The van der Waals surface area contributed by atoms with Gasteiger partial charge >= 0.3 is 6.09 Å².